The van der Waals surface area contributed by atoms with E-state index in [-0.39, 0.29) is 6.04 Å². The van der Waals surface area contributed by atoms with Crippen molar-refractivity contribution in [1.29, 1.82) is 0 Å². The summed E-state index contributed by atoms with van der Waals surface area (Å²) in [6.45, 7) is 7.13. The maximum absolute atomic E-state index is 4.45. The van der Waals surface area contributed by atoms with Crippen LogP contribution in [-0.2, 0) is 7.05 Å². The fourth-order valence-corrected chi connectivity index (χ4v) is 2.90. The summed E-state index contributed by atoms with van der Waals surface area (Å²) in [6, 6.07) is 4.28. The molecule has 0 spiro atoms. The molecule has 6 heteroatoms. The molecule has 2 aromatic heterocycles. The third kappa shape index (κ3) is 3.24. The molecule has 1 unspecified atom stereocenters. The first-order valence-electron chi connectivity index (χ1n) is 6.76. The Morgan fingerprint density at radius 2 is 1.95 bits per heavy atom. The van der Waals surface area contributed by atoms with Crippen molar-refractivity contribution < 1.29 is 0 Å². The second-order valence-corrected chi connectivity index (χ2v) is 5.71. The fraction of sp³-hybridized carbons (Fsp3) is 0.500. The summed E-state index contributed by atoms with van der Waals surface area (Å²) in [4.78, 5) is 4.45. The van der Waals surface area contributed by atoms with Gasteiger partial charge < -0.3 is 5.32 Å². The molecule has 0 aromatic carbocycles. The molecule has 108 valence electrons. The highest BCUT2D eigenvalue weighted by atomic mass is 79.9. The van der Waals surface area contributed by atoms with Crippen LogP contribution in [0.4, 0.5) is 0 Å². The number of hydrogen-bond donors (Lipinski definition) is 1. The highest BCUT2D eigenvalue weighted by molar-refractivity contribution is 9.10. The zero-order chi connectivity index (χ0) is 14.7. The standard InChI is InChI=1S/C14H20BrN5/c1-5-6-16-12(13-14(15)18-19-20(13)4)11-7-9(2)17-10(3)8-11/h7-8,12,16H,5-6H2,1-4H3. The molecule has 0 aliphatic rings. The quantitative estimate of drug-likeness (QED) is 0.911. The molecule has 5 nitrogen and oxygen atoms in total. The first-order chi connectivity index (χ1) is 9.52. The van der Waals surface area contributed by atoms with Gasteiger partial charge in [0.05, 0.1) is 11.7 Å². The Bertz CT molecular complexity index is 553. The summed E-state index contributed by atoms with van der Waals surface area (Å²) in [5.74, 6) is 0. The monoisotopic (exact) mass is 337 g/mol. The van der Waals surface area contributed by atoms with E-state index in [1.807, 2.05) is 25.6 Å². The summed E-state index contributed by atoms with van der Waals surface area (Å²) < 4.78 is 2.59. The third-order valence-electron chi connectivity index (χ3n) is 3.14. The van der Waals surface area contributed by atoms with E-state index in [1.165, 1.54) is 5.56 Å². The lowest BCUT2D eigenvalue weighted by Gasteiger charge is -2.20. The second-order valence-electron chi connectivity index (χ2n) is 4.96. The van der Waals surface area contributed by atoms with Gasteiger partial charge in [0.25, 0.3) is 0 Å². The number of nitrogens with zero attached hydrogens (tertiary/aromatic N) is 4. The van der Waals surface area contributed by atoms with E-state index in [9.17, 15) is 0 Å². The molecule has 0 aliphatic carbocycles. The fourth-order valence-electron chi connectivity index (χ4n) is 2.34. The molecule has 1 atom stereocenters. The molecule has 0 aliphatic heterocycles. The predicted molar refractivity (Wildman–Crippen MR) is 82.6 cm³/mol. The number of aromatic nitrogens is 4. The van der Waals surface area contributed by atoms with Gasteiger partial charge in [-0.05, 0) is 60.4 Å². The highest BCUT2D eigenvalue weighted by Gasteiger charge is 2.22. The van der Waals surface area contributed by atoms with E-state index < -0.39 is 0 Å². The highest BCUT2D eigenvalue weighted by Crippen LogP contribution is 2.27. The Balaban J connectivity index is 2.47. The molecule has 0 saturated heterocycles. The normalized spacial score (nSPS) is 12.7. The van der Waals surface area contributed by atoms with E-state index in [1.54, 1.807) is 0 Å². The van der Waals surface area contributed by atoms with Crippen molar-refractivity contribution in [3.05, 3.63) is 39.4 Å². The van der Waals surface area contributed by atoms with Crippen LogP contribution < -0.4 is 5.32 Å². The van der Waals surface area contributed by atoms with Crippen molar-refractivity contribution >= 4 is 15.9 Å². The lowest BCUT2D eigenvalue weighted by molar-refractivity contribution is 0.548. The van der Waals surface area contributed by atoms with Gasteiger partial charge >= 0.3 is 0 Å². The molecule has 2 heterocycles. The summed E-state index contributed by atoms with van der Waals surface area (Å²) >= 11 is 3.49. The summed E-state index contributed by atoms with van der Waals surface area (Å²) in [7, 11) is 1.91. The SMILES string of the molecule is CCCNC(c1cc(C)nc(C)c1)c1c(Br)nnn1C. The zero-order valence-electron chi connectivity index (χ0n) is 12.3. The Kier molecular flexibility index (Phi) is 4.88. The largest absolute Gasteiger partial charge is 0.305 e. The van der Waals surface area contributed by atoms with Crippen LogP contribution in [0, 0.1) is 13.8 Å². The van der Waals surface area contributed by atoms with Gasteiger partial charge in [-0.2, -0.15) is 0 Å². The average molecular weight is 338 g/mol. The number of rotatable bonds is 5. The molecule has 2 aromatic rings. The van der Waals surface area contributed by atoms with Crippen molar-refractivity contribution in [3.63, 3.8) is 0 Å². The number of nitrogens with one attached hydrogen (secondary N) is 1. The first-order valence-corrected chi connectivity index (χ1v) is 7.56. The maximum Gasteiger partial charge on any atom is 0.153 e. The van der Waals surface area contributed by atoms with Crippen molar-refractivity contribution in [2.24, 2.45) is 7.05 Å². The molecule has 0 bridgehead atoms. The molecule has 0 radical (unpaired) electrons. The smallest absolute Gasteiger partial charge is 0.153 e. The number of halogens is 1. The molecular weight excluding hydrogens is 318 g/mol. The topological polar surface area (TPSA) is 55.6 Å². The van der Waals surface area contributed by atoms with Gasteiger partial charge in [-0.1, -0.05) is 12.1 Å². The molecule has 1 N–H and O–H groups in total. The molecular formula is C14H20BrN5. The van der Waals surface area contributed by atoms with E-state index in [0.29, 0.717) is 0 Å². The summed E-state index contributed by atoms with van der Waals surface area (Å²) in [5.41, 5.74) is 4.27. The lowest BCUT2D eigenvalue weighted by Crippen LogP contribution is -2.26. The van der Waals surface area contributed by atoms with Gasteiger partial charge in [-0.25, -0.2) is 4.68 Å². The van der Waals surface area contributed by atoms with Crippen LogP contribution in [0.3, 0.4) is 0 Å². The first kappa shape index (κ1) is 15.1. The van der Waals surface area contributed by atoms with Crippen molar-refractivity contribution in [3.8, 4) is 0 Å². The Morgan fingerprint density at radius 3 is 2.45 bits per heavy atom. The zero-order valence-corrected chi connectivity index (χ0v) is 13.9. The minimum absolute atomic E-state index is 0.0599. The molecule has 0 amide bonds. The molecule has 0 saturated carbocycles. The van der Waals surface area contributed by atoms with Crippen molar-refractivity contribution in [1.82, 2.24) is 25.3 Å². The summed E-state index contributed by atoms with van der Waals surface area (Å²) in [6.07, 6.45) is 1.07. The summed E-state index contributed by atoms with van der Waals surface area (Å²) in [5, 5.41) is 11.7. The van der Waals surface area contributed by atoms with Crippen LogP contribution in [-0.4, -0.2) is 26.5 Å². The number of aryl methyl sites for hydroxylation is 3. The Morgan fingerprint density at radius 1 is 1.30 bits per heavy atom. The van der Waals surface area contributed by atoms with E-state index >= 15 is 0 Å². The van der Waals surface area contributed by atoms with Crippen LogP contribution in [0.2, 0.25) is 0 Å². The van der Waals surface area contributed by atoms with Crippen molar-refractivity contribution in [2.75, 3.05) is 6.54 Å². The van der Waals surface area contributed by atoms with Crippen LogP contribution in [0.5, 0.6) is 0 Å². The van der Waals surface area contributed by atoms with Crippen molar-refractivity contribution in [2.45, 2.75) is 33.2 Å². The molecule has 2 rings (SSSR count). The predicted octanol–water partition coefficient (Wildman–Crippen LogP) is 2.68. The minimum atomic E-state index is 0.0599. The second kappa shape index (κ2) is 6.45. The molecule has 0 fully saturated rings. The van der Waals surface area contributed by atoms with E-state index in [2.05, 4.69) is 55.6 Å². The Hall–Kier alpha value is -1.27. The van der Waals surface area contributed by atoms with E-state index in [4.69, 9.17) is 0 Å². The van der Waals surface area contributed by atoms with Gasteiger partial charge in [0.2, 0.25) is 0 Å². The van der Waals surface area contributed by atoms with Crippen LogP contribution in [0.15, 0.2) is 16.7 Å². The maximum atomic E-state index is 4.45. The average Bonchev–Trinajstić information content (AvgIpc) is 2.70. The minimum Gasteiger partial charge on any atom is -0.305 e. The number of hydrogen-bond acceptors (Lipinski definition) is 4. The Labute approximate surface area is 127 Å². The lowest BCUT2D eigenvalue weighted by atomic mass is 10.0. The van der Waals surface area contributed by atoms with Crippen LogP contribution >= 0.6 is 15.9 Å². The van der Waals surface area contributed by atoms with Gasteiger partial charge in [-0.15, -0.1) is 5.10 Å². The van der Waals surface area contributed by atoms with Gasteiger partial charge in [0.15, 0.2) is 4.60 Å². The van der Waals surface area contributed by atoms with E-state index in [0.717, 1.165) is 34.7 Å². The van der Waals surface area contributed by atoms with Crippen LogP contribution in [0.1, 0.15) is 42.0 Å². The van der Waals surface area contributed by atoms with Gasteiger partial charge in [0.1, 0.15) is 0 Å². The molecule has 20 heavy (non-hydrogen) atoms. The number of pyridine rings is 1. The van der Waals surface area contributed by atoms with Gasteiger partial charge in [0, 0.05) is 18.4 Å². The third-order valence-corrected chi connectivity index (χ3v) is 3.70. The van der Waals surface area contributed by atoms with Crippen LogP contribution in [0.25, 0.3) is 0 Å². The van der Waals surface area contributed by atoms with Gasteiger partial charge in [-0.3, -0.25) is 4.98 Å².